The molecule has 3 N–H and O–H groups in total. The van der Waals surface area contributed by atoms with Gasteiger partial charge in [0.25, 0.3) is 0 Å². The SMILES string of the molecule is CC(C)c1cc(-c2nnc(O)n2-c2ccc(CN3CCN(C(=O)Oc4cccc5c6nc7ccccc7cc6cn45)CC3)cc2)c(O)cc1O. The summed E-state index contributed by atoms with van der Waals surface area (Å²) in [6.07, 6.45) is 1.57. The first-order valence-electron chi connectivity index (χ1n) is 16.5. The number of amides is 1. The lowest BCUT2D eigenvalue weighted by atomic mass is 9.98. The minimum absolute atomic E-state index is 0.00562. The number of carbonyl (C=O) groups is 1. The number of nitrogens with zero attached hydrogens (tertiary/aromatic N) is 7. The van der Waals surface area contributed by atoms with Gasteiger partial charge < -0.3 is 25.0 Å². The van der Waals surface area contributed by atoms with E-state index in [0.29, 0.717) is 55.4 Å². The number of ether oxygens (including phenoxy) is 1. The standard InChI is InChI=1S/C38H35N7O5/c1-23(2)28-19-29(33(47)20-32(28)46)36-40-41-37(48)45(36)27-12-10-24(11-13-27)21-42-14-16-43(17-15-42)38(49)50-34-9-5-8-31-35-26(22-44(31)34)18-25-6-3-4-7-30(25)39-35/h3-13,18-20,22-23,46-47H,14-17,21H2,1-2H3,(H,41,48). The Kier molecular flexibility index (Phi) is 7.72. The van der Waals surface area contributed by atoms with Crippen molar-refractivity contribution in [1.29, 1.82) is 0 Å². The monoisotopic (exact) mass is 669 g/mol. The van der Waals surface area contributed by atoms with Crippen molar-refractivity contribution in [2.24, 2.45) is 0 Å². The van der Waals surface area contributed by atoms with E-state index in [1.807, 2.05) is 85.1 Å². The highest BCUT2D eigenvalue weighted by molar-refractivity contribution is 6.01. The average Bonchev–Trinajstić information content (AvgIpc) is 3.68. The maximum absolute atomic E-state index is 13.3. The van der Waals surface area contributed by atoms with Crippen molar-refractivity contribution in [3.8, 4) is 40.5 Å². The summed E-state index contributed by atoms with van der Waals surface area (Å²) in [5, 5.41) is 41.5. The Balaban J connectivity index is 0.927. The minimum Gasteiger partial charge on any atom is -0.508 e. The van der Waals surface area contributed by atoms with Gasteiger partial charge >= 0.3 is 12.1 Å². The van der Waals surface area contributed by atoms with Crippen LogP contribution in [-0.4, -0.2) is 81.5 Å². The molecule has 12 nitrogen and oxygen atoms in total. The van der Waals surface area contributed by atoms with E-state index in [9.17, 15) is 20.1 Å². The van der Waals surface area contributed by atoms with Crippen molar-refractivity contribution < 1.29 is 24.9 Å². The number of aromatic hydroxyl groups is 3. The van der Waals surface area contributed by atoms with Gasteiger partial charge in [-0.1, -0.05) is 55.3 Å². The lowest BCUT2D eigenvalue weighted by Gasteiger charge is -2.34. The van der Waals surface area contributed by atoms with Gasteiger partial charge in [0.1, 0.15) is 11.5 Å². The van der Waals surface area contributed by atoms with Crippen LogP contribution in [0.3, 0.4) is 0 Å². The van der Waals surface area contributed by atoms with Crippen LogP contribution < -0.4 is 4.74 Å². The molecule has 1 fully saturated rings. The van der Waals surface area contributed by atoms with E-state index in [0.717, 1.165) is 32.9 Å². The smallest absolute Gasteiger partial charge is 0.416 e. The number of fused-ring (bicyclic) bond motifs is 4. The van der Waals surface area contributed by atoms with Crippen LogP contribution in [-0.2, 0) is 6.54 Å². The predicted molar refractivity (Wildman–Crippen MR) is 189 cm³/mol. The maximum atomic E-state index is 13.3. The van der Waals surface area contributed by atoms with Crippen LogP contribution >= 0.6 is 0 Å². The maximum Gasteiger partial charge on any atom is 0.416 e. The van der Waals surface area contributed by atoms with Gasteiger partial charge in [0.2, 0.25) is 5.88 Å². The molecular formula is C38H35N7O5. The van der Waals surface area contributed by atoms with E-state index in [1.165, 1.54) is 10.6 Å². The summed E-state index contributed by atoms with van der Waals surface area (Å²) in [6.45, 7) is 6.97. The molecule has 252 valence electrons. The summed E-state index contributed by atoms with van der Waals surface area (Å²) in [5.74, 6) is 0.533. The number of pyridine rings is 2. The summed E-state index contributed by atoms with van der Waals surface area (Å²) in [6, 6.07) is 26.0. The Hall–Kier alpha value is -6.14. The molecule has 0 aliphatic carbocycles. The fourth-order valence-electron chi connectivity index (χ4n) is 6.66. The average molecular weight is 670 g/mol. The van der Waals surface area contributed by atoms with E-state index >= 15 is 0 Å². The highest BCUT2D eigenvalue weighted by atomic mass is 16.6. The summed E-state index contributed by atoms with van der Waals surface area (Å²) >= 11 is 0. The third kappa shape index (κ3) is 5.59. The van der Waals surface area contributed by atoms with E-state index in [1.54, 1.807) is 17.0 Å². The number of phenolic OH excluding ortho intramolecular Hbond substituents is 2. The van der Waals surface area contributed by atoms with E-state index in [2.05, 4.69) is 21.2 Å². The predicted octanol–water partition coefficient (Wildman–Crippen LogP) is 6.45. The molecular weight excluding hydrogens is 634 g/mol. The number of hydrogen-bond donors (Lipinski definition) is 3. The first-order valence-corrected chi connectivity index (χ1v) is 16.5. The molecule has 50 heavy (non-hydrogen) atoms. The molecule has 1 saturated heterocycles. The Labute approximate surface area is 287 Å². The normalized spacial score (nSPS) is 13.9. The van der Waals surface area contributed by atoms with Crippen LogP contribution in [0.4, 0.5) is 4.79 Å². The minimum atomic E-state index is -0.387. The summed E-state index contributed by atoms with van der Waals surface area (Å²) < 4.78 is 9.26. The van der Waals surface area contributed by atoms with Crippen molar-refractivity contribution in [3.63, 3.8) is 0 Å². The molecule has 5 heterocycles. The zero-order chi connectivity index (χ0) is 34.5. The molecule has 0 bridgehead atoms. The third-order valence-electron chi connectivity index (χ3n) is 9.33. The Morgan fingerprint density at radius 3 is 2.40 bits per heavy atom. The number of benzene rings is 3. The lowest BCUT2D eigenvalue weighted by Crippen LogP contribution is -2.49. The topological polar surface area (TPSA) is 141 Å². The molecule has 1 amide bonds. The summed E-state index contributed by atoms with van der Waals surface area (Å²) in [5.41, 5.74) is 5.33. The molecule has 0 spiro atoms. The molecule has 4 aromatic heterocycles. The van der Waals surface area contributed by atoms with Crippen molar-refractivity contribution >= 4 is 33.4 Å². The third-order valence-corrected chi connectivity index (χ3v) is 9.33. The zero-order valence-corrected chi connectivity index (χ0v) is 27.6. The van der Waals surface area contributed by atoms with Gasteiger partial charge in [-0.3, -0.25) is 9.30 Å². The number of rotatable bonds is 6. The van der Waals surface area contributed by atoms with Crippen molar-refractivity contribution in [2.45, 2.75) is 26.3 Å². The van der Waals surface area contributed by atoms with Crippen LogP contribution in [0.5, 0.6) is 23.4 Å². The fraction of sp³-hybridized carbons (Fsp3) is 0.211. The highest BCUT2D eigenvalue weighted by Gasteiger charge is 2.25. The van der Waals surface area contributed by atoms with Crippen LogP contribution in [0, 0.1) is 0 Å². The van der Waals surface area contributed by atoms with Gasteiger partial charge in [0.05, 0.1) is 27.8 Å². The highest BCUT2D eigenvalue weighted by Crippen LogP contribution is 2.39. The van der Waals surface area contributed by atoms with Crippen LogP contribution in [0.1, 0.15) is 30.9 Å². The van der Waals surface area contributed by atoms with Gasteiger partial charge in [-0.25, -0.2) is 14.3 Å². The molecule has 1 aliphatic heterocycles. The molecule has 0 atom stereocenters. The van der Waals surface area contributed by atoms with E-state index in [-0.39, 0.29) is 35.3 Å². The molecule has 1 aliphatic rings. The second kappa shape index (κ2) is 12.4. The van der Waals surface area contributed by atoms with E-state index in [4.69, 9.17) is 9.72 Å². The Bertz CT molecular complexity index is 2390. The van der Waals surface area contributed by atoms with Crippen molar-refractivity contribution in [1.82, 2.24) is 33.9 Å². The van der Waals surface area contributed by atoms with Gasteiger partial charge in [-0.15, -0.1) is 5.10 Å². The second-order valence-corrected chi connectivity index (χ2v) is 12.9. The summed E-state index contributed by atoms with van der Waals surface area (Å²) in [7, 11) is 0. The van der Waals surface area contributed by atoms with Gasteiger partial charge in [0, 0.05) is 55.8 Å². The number of aromatic nitrogens is 5. The fourth-order valence-corrected chi connectivity index (χ4v) is 6.66. The molecule has 0 saturated carbocycles. The molecule has 7 aromatic rings. The van der Waals surface area contributed by atoms with E-state index < -0.39 is 0 Å². The molecule has 12 heteroatoms. The summed E-state index contributed by atoms with van der Waals surface area (Å²) in [4.78, 5) is 22.1. The van der Waals surface area contributed by atoms with Crippen molar-refractivity contribution in [2.75, 3.05) is 26.2 Å². The number of phenols is 2. The number of carbonyl (C=O) groups excluding carboxylic acids is 1. The van der Waals surface area contributed by atoms with Gasteiger partial charge in [0.15, 0.2) is 5.82 Å². The van der Waals surface area contributed by atoms with Crippen LogP contribution in [0.2, 0.25) is 0 Å². The Morgan fingerprint density at radius 1 is 0.840 bits per heavy atom. The molecule has 8 rings (SSSR count). The first kappa shape index (κ1) is 31.1. The quantitative estimate of drug-likeness (QED) is 0.182. The Morgan fingerprint density at radius 2 is 1.62 bits per heavy atom. The number of para-hydroxylation sites is 1. The molecule has 0 radical (unpaired) electrons. The second-order valence-electron chi connectivity index (χ2n) is 12.9. The number of hydrogen-bond acceptors (Lipinski definition) is 9. The number of piperazine rings is 1. The van der Waals surface area contributed by atoms with Crippen molar-refractivity contribution in [3.05, 3.63) is 102 Å². The van der Waals surface area contributed by atoms with Gasteiger partial charge in [-0.05, 0) is 59.5 Å². The first-order chi connectivity index (χ1) is 24.2. The largest absolute Gasteiger partial charge is 0.508 e. The lowest BCUT2D eigenvalue weighted by molar-refractivity contribution is 0.106. The molecule has 0 unspecified atom stereocenters. The van der Waals surface area contributed by atoms with Crippen LogP contribution in [0.15, 0.2) is 91.1 Å². The molecule has 3 aromatic carbocycles. The zero-order valence-electron chi connectivity index (χ0n) is 27.6. The van der Waals surface area contributed by atoms with Gasteiger partial charge in [-0.2, -0.15) is 0 Å². The van der Waals surface area contributed by atoms with Crippen LogP contribution in [0.25, 0.3) is 44.4 Å².